The van der Waals surface area contributed by atoms with Gasteiger partial charge in [-0.05, 0) is 85.5 Å². The first-order valence-electron chi connectivity index (χ1n) is 11.4. The van der Waals surface area contributed by atoms with Crippen molar-refractivity contribution in [3.8, 4) is 11.5 Å². The molecule has 37 heavy (non-hydrogen) atoms. The Bertz CT molecular complexity index is 1530. The van der Waals surface area contributed by atoms with Gasteiger partial charge in [-0.1, -0.05) is 66.2 Å². The van der Waals surface area contributed by atoms with Crippen molar-refractivity contribution in [1.82, 2.24) is 4.90 Å². The molecular weight excluding hydrogens is 574 g/mol. The summed E-state index contributed by atoms with van der Waals surface area (Å²) in [5.74, 6) is 0.737. The van der Waals surface area contributed by atoms with Crippen LogP contribution in [-0.4, -0.2) is 23.2 Å². The molecule has 1 fully saturated rings. The Kier molecular flexibility index (Phi) is 7.55. The Morgan fingerprint density at radius 3 is 2.54 bits per heavy atom. The van der Waals surface area contributed by atoms with Gasteiger partial charge in [0, 0.05) is 5.02 Å². The van der Waals surface area contributed by atoms with Crippen molar-refractivity contribution in [3.63, 3.8) is 0 Å². The molecule has 0 unspecified atom stereocenters. The van der Waals surface area contributed by atoms with Crippen LogP contribution in [0.5, 0.6) is 11.5 Å². The number of carbonyl (C=O) groups is 2. The van der Waals surface area contributed by atoms with Crippen LogP contribution < -0.4 is 9.47 Å². The molecule has 1 aliphatic rings. The highest BCUT2D eigenvalue weighted by Crippen LogP contribution is 2.40. The van der Waals surface area contributed by atoms with Crippen LogP contribution in [0.15, 0.2) is 88.2 Å². The first-order valence-corrected chi connectivity index (χ1v) is 13.4. The fourth-order valence-electron chi connectivity index (χ4n) is 4.09. The minimum atomic E-state index is -0.337. The van der Waals surface area contributed by atoms with E-state index < -0.39 is 0 Å². The molecule has 0 aliphatic carbocycles. The molecule has 0 aromatic heterocycles. The van der Waals surface area contributed by atoms with E-state index in [4.69, 9.17) is 21.1 Å². The number of ether oxygens (including phenoxy) is 2. The number of hydrogen-bond acceptors (Lipinski definition) is 5. The maximum atomic E-state index is 13.0. The molecule has 1 heterocycles. The number of rotatable bonds is 7. The van der Waals surface area contributed by atoms with Gasteiger partial charge >= 0.3 is 0 Å². The minimum absolute atomic E-state index is 0.188. The summed E-state index contributed by atoms with van der Waals surface area (Å²) in [6.07, 6.45) is 1.69. The van der Waals surface area contributed by atoms with Crippen LogP contribution in [0.4, 0.5) is 4.79 Å². The highest BCUT2D eigenvalue weighted by molar-refractivity contribution is 9.10. The second kappa shape index (κ2) is 11.0. The first-order chi connectivity index (χ1) is 17.9. The number of carbonyl (C=O) groups excluding carboxylic acids is 2. The van der Waals surface area contributed by atoms with E-state index in [9.17, 15) is 9.59 Å². The Balaban J connectivity index is 1.36. The lowest BCUT2D eigenvalue weighted by Gasteiger charge is -2.15. The monoisotopic (exact) mass is 593 g/mol. The Morgan fingerprint density at radius 2 is 1.76 bits per heavy atom. The van der Waals surface area contributed by atoms with Gasteiger partial charge in [0.2, 0.25) is 0 Å². The molecule has 186 valence electrons. The van der Waals surface area contributed by atoms with Gasteiger partial charge in [0.15, 0.2) is 11.5 Å². The van der Waals surface area contributed by atoms with Gasteiger partial charge in [0.05, 0.1) is 23.0 Å². The van der Waals surface area contributed by atoms with E-state index >= 15 is 0 Å². The third-order valence-electron chi connectivity index (χ3n) is 5.93. The number of halogens is 2. The topological polar surface area (TPSA) is 55.8 Å². The Morgan fingerprint density at radius 1 is 1.00 bits per heavy atom. The quantitative estimate of drug-likeness (QED) is 0.203. The van der Waals surface area contributed by atoms with Crippen molar-refractivity contribution in [2.75, 3.05) is 7.11 Å². The largest absolute Gasteiger partial charge is 0.493 e. The summed E-state index contributed by atoms with van der Waals surface area (Å²) in [4.78, 5) is 27.1. The maximum absolute atomic E-state index is 13.0. The normalized spacial score (nSPS) is 14.6. The fraction of sp³-hybridized carbons (Fsp3) is 0.103. The van der Waals surface area contributed by atoms with Gasteiger partial charge in [0.1, 0.15) is 6.61 Å². The van der Waals surface area contributed by atoms with E-state index in [2.05, 4.69) is 34.1 Å². The standard InChI is InChI=1S/C29H21BrClNO4S/c1-35-25-14-19(15-26-28(33)32(29(34)37-26)16-18-9-11-22(31)12-10-18)13-24(30)27(25)36-17-21-7-4-6-20-5-2-3-8-23(20)21/h2-15H,16-17H2,1H3/b26-15-. The molecule has 0 N–H and O–H groups in total. The second-order valence-electron chi connectivity index (χ2n) is 8.36. The van der Waals surface area contributed by atoms with E-state index in [1.165, 1.54) is 4.90 Å². The van der Waals surface area contributed by atoms with Gasteiger partial charge in [-0.15, -0.1) is 0 Å². The summed E-state index contributed by atoms with van der Waals surface area (Å²) in [5, 5.41) is 2.56. The van der Waals surface area contributed by atoms with E-state index in [-0.39, 0.29) is 17.7 Å². The van der Waals surface area contributed by atoms with Crippen LogP contribution in [0.25, 0.3) is 16.8 Å². The number of imide groups is 1. The second-order valence-corrected chi connectivity index (χ2v) is 10.6. The van der Waals surface area contributed by atoms with Crippen LogP contribution in [0, 0.1) is 0 Å². The summed E-state index contributed by atoms with van der Waals surface area (Å²) in [5.41, 5.74) is 2.59. The molecule has 5 nitrogen and oxygen atoms in total. The zero-order valence-corrected chi connectivity index (χ0v) is 22.9. The summed E-state index contributed by atoms with van der Waals surface area (Å²) >= 11 is 10.4. The summed E-state index contributed by atoms with van der Waals surface area (Å²) in [7, 11) is 1.57. The van der Waals surface area contributed by atoms with E-state index in [1.54, 1.807) is 43.5 Å². The average molecular weight is 595 g/mol. The molecule has 0 spiro atoms. The molecule has 1 aliphatic heterocycles. The lowest BCUT2D eigenvalue weighted by molar-refractivity contribution is -0.123. The maximum Gasteiger partial charge on any atom is 0.293 e. The Hall–Kier alpha value is -3.26. The third kappa shape index (κ3) is 5.54. The van der Waals surface area contributed by atoms with Crippen LogP contribution in [0.2, 0.25) is 5.02 Å². The molecule has 8 heteroatoms. The van der Waals surface area contributed by atoms with Gasteiger partial charge < -0.3 is 9.47 Å². The summed E-state index contributed by atoms with van der Waals surface area (Å²) < 4.78 is 12.5. The van der Waals surface area contributed by atoms with Crippen LogP contribution in [0.3, 0.4) is 0 Å². The molecule has 4 aromatic rings. The predicted molar refractivity (Wildman–Crippen MR) is 152 cm³/mol. The minimum Gasteiger partial charge on any atom is -0.493 e. The summed E-state index contributed by atoms with van der Waals surface area (Å²) in [6, 6.07) is 25.0. The highest BCUT2D eigenvalue weighted by Gasteiger charge is 2.35. The smallest absolute Gasteiger partial charge is 0.293 e. The lowest BCUT2D eigenvalue weighted by Crippen LogP contribution is -2.27. The van der Waals surface area contributed by atoms with Crippen LogP contribution in [0.1, 0.15) is 16.7 Å². The van der Waals surface area contributed by atoms with Crippen molar-refractivity contribution in [3.05, 3.63) is 110 Å². The van der Waals surface area contributed by atoms with Crippen LogP contribution in [-0.2, 0) is 17.9 Å². The van der Waals surface area contributed by atoms with E-state index in [1.807, 2.05) is 30.3 Å². The number of amides is 2. The van der Waals surface area contributed by atoms with Crippen molar-refractivity contribution in [2.24, 2.45) is 0 Å². The zero-order valence-electron chi connectivity index (χ0n) is 19.7. The number of thioether (sulfide) groups is 1. The fourth-order valence-corrected chi connectivity index (χ4v) is 5.63. The molecule has 2 amide bonds. The number of methoxy groups -OCH3 is 1. The third-order valence-corrected chi connectivity index (χ3v) is 7.68. The number of nitrogens with zero attached hydrogens (tertiary/aromatic N) is 1. The highest BCUT2D eigenvalue weighted by atomic mass is 79.9. The first kappa shape index (κ1) is 25.4. The molecular formula is C29H21BrClNO4S. The van der Waals surface area contributed by atoms with Crippen molar-refractivity contribution in [1.29, 1.82) is 0 Å². The van der Waals surface area contributed by atoms with E-state index in [0.717, 1.165) is 33.7 Å². The Labute approximate surface area is 232 Å². The van der Waals surface area contributed by atoms with Crippen LogP contribution >= 0.6 is 39.3 Å². The van der Waals surface area contributed by atoms with E-state index in [0.29, 0.717) is 38.1 Å². The average Bonchev–Trinajstić information content (AvgIpc) is 3.16. The molecule has 0 bridgehead atoms. The number of fused-ring (bicyclic) bond motifs is 1. The molecule has 0 saturated carbocycles. The lowest BCUT2D eigenvalue weighted by atomic mass is 10.1. The molecule has 4 aromatic carbocycles. The number of benzene rings is 4. The van der Waals surface area contributed by atoms with Crippen molar-refractivity contribution in [2.45, 2.75) is 13.2 Å². The van der Waals surface area contributed by atoms with Gasteiger partial charge in [-0.3, -0.25) is 14.5 Å². The molecule has 1 saturated heterocycles. The summed E-state index contributed by atoms with van der Waals surface area (Å²) in [6.45, 7) is 0.548. The van der Waals surface area contributed by atoms with Gasteiger partial charge in [-0.25, -0.2) is 0 Å². The zero-order chi connectivity index (χ0) is 25.9. The molecule has 0 atom stereocenters. The van der Waals surface area contributed by atoms with Gasteiger partial charge in [-0.2, -0.15) is 0 Å². The van der Waals surface area contributed by atoms with Crippen molar-refractivity contribution >= 4 is 67.3 Å². The van der Waals surface area contributed by atoms with Crippen molar-refractivity contribution < 1.29 is 19.1 Å². The molecule has 0 radical (unpaired) electrons. The molecule has 5 rings (SSSR count). The van der Waals surface area contributed by atoms with Gasteiger partial charge in [0.25, 0.3) is 11.1 Å². The predicted octanol–water partition coefficient (Wildman–Crippen LogP) is 8.08. The SMILES string of the molecule is COc1cc(/C=C2\SC(=O)N(Cc3ccc(Cl)cc3)C2=O)cc(Br)c1OCc1cccc2ccccc12. The number of hydrogen-bond donors (Lipinski definition) is 0.